The van der Waals surface area contributed by atoms with Gasteiger partial charge in [0.15, 0.2) is 0 Å². The summed E-state index contributed by atoms with van der Waals surface area (Å²) in [6, 6.07) is 3.23. The van der Waals surface area contributed by atoms with Crippen LogP contribution in [0.2, 0.25) is 0 Å². The molecule has 1 aliphatic carbocycles. The molecule has 2 rings (SSSR count). The maximum Gasteiger partial charge on any atom is 0.126 e. The van der Waals surface area contributed by atoms with Crippen LogP contribution in [0.15, 0.2) is 12.1 Å². The fourth-order valence-corrected chi connectivity index (χ4v) is 3.07. The molecule has 0 radical (unpaired) electrons. The van der Waals surface area contributed by atoms with E-state index >= 15 is 0 Å². The van der Waals surface area contributed by atoms with E-state index in [1.165, 1.54) is 6.07 Å². The van der Waals surface area contributed by atoms with Gasteiger partial charge in [-0.2, -0.15) is 0 Å². The van der Waals surface area contributed by atoms with Crippen molar-refractivity contribution in [3.05, 3.63) is 29.1 Å². The van der Waals surface area contributed by atoms with E-state index in [1.54, 1.807) is 6.92 Å². The first-order valence-corrected chi connectivity index (χ1v) is 7.38. The van der Waals surface area contributed by atoms with Gasteiger partial charge in [-0.05, 0) is 49.9 Å². The molecule has 1 fully saturated rings. The Bertz CT molecular complexity index is 476. The van der Waals surface area contributed by atoms with Gasteiger partial charge in [-0.25, -0.2) is 4.39 Å². The third-order valence-corrected chi connectivity index (χ3v) is 4.37. The largest absolute Gasteiger partial charge is 0.391 e. The van der Waals surface area contributed by atoms with Gasteiger partial charge in [0, 0.05) is 18.8 Å². The second-order valence-electron chi connectivity index (χ2n) is 5.98. The summed E-state index contributed by atoms with van der Waals surface area (Å²) in [4.78, 5) is 2.08. The van der Waals surface area contributed by atoms with Crippen molar-refractivity contribution >= 4 is 5.69 Å². The van der Waals surface area contributed by atoms with Crippen LogP contribution in [0.3, 0.4) is 0 Å². The summed E-state index contributed by atoms with van der Waals surface area (Å²) in [6.45, 7) is 3.62. The number of hydrogen-bond acceptors (Lipinski definition) is 3. The number of anilines is 1. The summed E-state index contributed by atoms with van der Waals surface area (Å²) in [6.07, 6.45) is 3.68. The van der Waals surface area contributed by atoms with Crippen LogP contribution < -0.4 is 10.6 Å². The summed E-state index contributed by atoms with van der Waals surface area (Å²) in [5.41, 5.74) is 8.33. The summed E-state index contributed by atoms with van der Waals surface area (Å²) >= 11 is 0. The lowest BCUT2D eigenvalue weighted by Crippen LogP contribution is -2.44. The molecule has 0 spiro atoms. The van der Waals surface area contributed by atoms with Gasteiger partial charge in [0.25, 0.3) is 0 Å². The van der Waals surface area contributed by atoms with Crippen molar-refractivity contribution in [2.75, 3.05) is 11.9 Å². The van der Waals surface area contributed by atoms with Gasteiger partial charge in [-0.3, -0.25) is 0 Å². The highest BCUT2D eigenvalue weighted by Gasteiger charge is 2.28. The van der Waals surface area contributed by atoms with Gasteiger partial charge in [0.05, 0.1) is 12.1 Å². The molecular weight excluding hydrogens is 255 g/mol. The molecule has 4 heteroatoms. The van der Waals surface area contributed by atoms with Gasteiger partial charge < -0.3 is 15.7 Å². The highest BCUT2D eigenvalue weighted by atomic mass is 19.1. The predicted molar refractivity (Wildman–Crippen MR) is 80.4 cm³/mol. The first-order valence-electron chi connectivity index (χ1n) is 7.38. The van der Waals surface area contributed by atoms with Gasteiger partial charge in [0.2, 0.25) is 0 Å². The number of hydrogen-bond donors (Lipinski definition) is 2. The van der Waals surface area contributed by atoms with E-state index < -0.39 is 0 Å². The molecule has 112 valence electrons. The fraction of sp³-hybridized carbons (Fsp3) is 0.625. The quantitative estimate of drug-likeness (QED) is 0.895. The molecule has 3 nitrogen and oxygen atoms in total. The van der Waals surface area contributed by atoms with Crippen LogP contribution in [0.25, 0.3) is 0 Å². The highest BCUT2D eigenvalue weighted by Crippen LogP contribution is 2.32. The molecule has 0 saturated heterocycles. The smallest absolute Gasteiger partial charge is 0.126 e. The second-order valence-corrected chi connectivity index (χ2v) is 5.98. The van der Waals surface area contributed by atoms with Gasteiger partial charge in [-0.15, -0.1) is 0 Å². The number of aliphatic hydroxyl groups excluding tert-OH is 1. The summed E-state index contributed by atoms with van der Waals surface area (Å²) in [5, 5.41) is 10.2. The van der Waals surface area contributed by atoms with E-state index in [0.29, 0.717) is 5.56 Å². The van der Waals surface area contributed by atoms with Gasteiger partial charge in [-0.1, -0.05) is 12.8 Å². The lowest BCUT2D eigenvalue weighted by Gasteiger charge is -2.38. The summed E-state index contributed by atoms with van der Waals surface area (Å²) < 4.78 is 13.8. The summed E-state index contributed by atoms with van der Waals surface area (Å²) in [7, 11) is 1.97. The third kappa shape index (κ3) is 2.96. The van der Waals surface area contributed by atoms with E-state index in [0.717, 1.165) is 36.9 Å². The van der Waals surface area contributed by atoms with Crippen LogP contribution >= 0.6 is 0 Å². The number of likely N-dealkylation sites (N-methyl/N-ethyl adjacent to an activating group) is 1. The zero-order valence-corrected chi connectivity index (χ0v) is 12.6. The standard InChI is InChI=1S/C16H25FN2O/c1-10-8-15(12(11(2)18)9-13(10)17)19(3)14-6-4-5-7-16(14)20/h8-9,11,14,16,20H,4-7,18H2,1-3H3/t11-,14?,16?/m1/s1. The molecule has 20 heavy (non-hydrogen) atoms. The van der Waals surface area contributed by atoms with Crippen LogP contribution in [-0.4, -0.2) is 24.3 Å². The van der Waals surface area contributed by atoms with Crippen molar-refractivity contribution in [2.24, 2.45) is 5.73 Å². The van der Waals surface area contributed by atoms with Crippen LogP contribution in [0.5, 0.6) is 0 Å². The zero-order valence-electron chi connectivity index (χ0n) is 12.6. The molecule has 0 bridgehead atoms. The summed E-state index contributed by atoms with van der Waals surface area (Å²) in [5.74, 6) is -0.223. The lowest BCUT2D eigenvalue weighted by molar-refractivity contribution is 0.106. The second kappa shape index (κ2) is 6.10. The molecule has 1 aromatic rings. The Hall–Kier alpha value is -1.13. The molecule has 1 aromatic carbocycles. The predicted octanol–water partition coefficient (Wildman–Crippen LogP) is 2.89. The highest BCUT2D eigenvalue weighted by molar-refractivity contribution is 5.57. The minimum atomic E-state index is -0.319. The maximum atomic E-state index is 13.8. The molecular formula is C16H25FN2O. The molecule has 0 heterocycles. The fourth-order valence-electron chi connectivity index (χ4n) is 3.07. The first-order chi connectivity index (χ1) is 9.41. The number of aliphatic hydroxyl groups is 1. The molecule has 1 aliphatic rings. The molecule has 2 unspecified atom stereocenters. The topological polar surface area (TPSA) is 49.5 Å². The molecule has 0 aromatic heterocycles. The Morgan fingerprint density at radius 3 is 2.60 bits per heavy atom. The lowest BCUT2D eigenvalue weighted by atomic mass is 9.90. The van der Waals surface area contributed by atoms with E-state index in [2.05, 4.69) is 4.90 Å². The Labute approximate surface area is 120 Å². The third-order valence-electron chi connectivity index (χ3n) is 4.37. The Morgan fingerprint density at radius 1 is 1.35 bits per heavy atom. The van der Waals surface area contributed by atoms with Gasteiger partial charge in [0.1, 0.15) is 5.82 Å². The molecule has 3 atom stereocenters. The molecule has 1 saturated carbocycles. The number of rotatable bonds is 3. The maximum absolute atomic E-state index is 13.8. The normalized spacial score (nSPS) is 24.5. The van der Waals surface area contributed by atoms with E-state index in [-0.39, 0.29) is 24.0 Å². The van der Waals surface area contributed by atoms with Crippen molar-refractivity contribution in [3.8, 4) is 0 Å². The van der Waals surface area contributed by atoms with E-state index in [1.807, 2.05) is 20.0 Å². The van der Waals surface area contributed by atoms with E-state index in [4.69, 9.17) is 5.73 Å². The van der Waals surface area contributed by atoms with Crippen LogP contribution in [0, 0.1) is 12.7 Å². The average molecular weight is 280 g/mol. The van der Waals surface area contributed by atoms with Crippen LogP contribution in [0.1, 0.15) is 49.8 Å². The average Bonchev–Trinajstić information content (AvgIpc) is 2.41. The molecule has 0 amide bonds. The minimum absolute atomic E-state index is 0.0890. The number of halogens is 1. The minimum Gasteiger partial charge on any atom is -0.391 e. The van der Waals surface area contributed by atoms with Crippen LogP contribution in [0.4, 0.5) is 10.1 Å². The van der Waals surface area contributed by atoms with Crippen molar-refractivity contribution in [2.45, 2.75) is 57.7 Å². The van der Waals surface area contributed by atoms with Gasteiger partial charge >= 0.3 is 0 Å². The Kier molecular flexibility index (Phi) is 4.66. The van der Waals surface area contributed by atoms with Crippen LogP contribution in [-0.2, 0) is 0 Å². The SMILES string of the molecule is Cc1cc(N(C)C2CCCCC2O)c([C@@H](C)N)cc1F. The van der Waals surface area contributed by atoms with Crippen molar-refractivity contribution in [3.63, 3.8) is 0 Å². The monoisotopic (exact) mass is 280 g/mol. The number of benzene rings is 1. The molecule has 3 N–H and O–H groups in total. The van der Waals surface area contributed by atoms with E-state index in [9.17, 15) is 9.50 Å². The molecule has 0 aliphatic heterocycles. The number of nitrogens with zero attached hydrogens (tertiary/aromatic N) is 1. The first kappa shape index (κ1) is 15.3. The number of aryl methyl sites for hydroxylation is 1. The van der Waals surface area contributed by atoms with Crippen molar-refractivity contribution in [1.29, 1.82) is 0 Å². The Balaban J connectivity index is 2.37. The van der Waals surface area contributed by atoms with Crippen molar-refractivity contribution < 1.29 is 9.50 Å². The zero-order chi connectivity index (χ0) is 14.9. The Morgan fingerprint density at radius 2 is 2.00 bits per heavy atom. The van der Waals surface area contributed by atoms with Crippen molar-refractivity contribution in [1.82, 2.24) is 0 Å². The number of nitrogens with two attached hydrogens (primary N) is 1.